The fourth-order valence-electron chi connectivity index (χ4n) is 4.59. The molecule has 136 valence electrons. The van der Waals surface area contributed by atoms with Gasteiger partial charge < -0.3 is 15.0 Å². The lowest BCUT2D eigenvalue weighted by molar-refractivity contribution is -0.132. The van der Waals surface area contributed by atoms with E-state index in [4.69, 9.17) is 4.74 Å². The van der Waals surface area contributed by atoms with Crippen LogP contribution < -0.4 is 5.32 Å². The van der Waals surface area contributed by atoms with Gasteiger partial charge in [-0.25, -0.2) is 4.39 Å². The van der Waals surface area contributed by atoms with Gasteiger partial charge >= 0.3 is 0 Å². The van der Waals surface area contributed by atoms with Crippen molar-refractivity contribution in [3.63, 3.8) is 0 Å². The Morgan fingerprint density at radius 1 is 1.20 bits per heavy atom. The van der Waals surface area contributed by atoms with Crippen molar-refractivity contribution in [3.8, 4) is 0 Å². The molecule has 5 heteroatoms. The molecule has 0 aromatic heterocycles. The van der Waals surface area contributed by atoms with Gasteiger partial charge in [-0.3, -0.25) is 4.79 Å². The van der Waals surface area contributed by atoms with E-state index in [1.165, 1.54) is 38.1 Å². The van der Waals surface area contributed by atoms with Crippen molar-refractivity contribution in [2.24, 2.45) is 0 Å². The minimum Gasteiger partial charge on any atom is -0.381 e. The molecule has 2 saturated heterocycles. The van der Waals surface area contributed by atoms with Crippen LogP contribution in [0.5, 0.6) is 0 Å². The number of likely N-dealkylation sites (tertiary alicyclic amines) is 1. The summed E-state index contributed by atoms with van der Waals surface area (Å²) in [6, 6.07) is 7.41. The fourth-order valence-corrected chi connectivity index (χ4v) is 4.59. The molecule has 0 radical (unpaired) electrons. The van der Waals surface area contributed by atoms with E-state index in [9.17, 15) is 9.18 Å². The number of carbonyl (C=O) groups is 1. The quantitative estimate of drug-likeness (QED) is 0.911. The van der Waals surface area contributed by atoms with Crippen LogP contribution in [-0.2, 0) is 14.9 Å². The first-order valence-electron chi connectivity index (χ1n) is 9.56. The Morgan fingerprint density at radius 2 is 1.92 bits per heavy atom. The van der Waals surface area contributed by atoms with Gasteiger partial charge in [-0.1, -0.05) is 12.1 Å². The molecule has 0 bridgehead atoms. The van der Waals surface area contributed by atoms with E-state index >= 15 is 0 Å². The van der Waals surface area contributed by atoms with Crippen LogP contribution in [0.25, 0.3) is 0 Å². The summed E-state index contributed by atoms with van der Waals surface area (Å²) in [6.07, 6.45) is 5.92. The second-order valence-corrected chi connectivity index (χ2v) is 7.74. The minimum atomic E-state index is -0.654. The predicted octanol–water partition coefficient (Wildman–Crippen LogP) is 2.62. The molecule has 4 rings (SSSR count). The molecule has 1 aromatic carbocycles. The van der Waals surface area contributed by atoms with Gasteiger partial charge in [0.15, 0.2) is 0 Å². The van der Waals surface area contributed by atoms with Crippen LogP contribution in [0.2, 0.25) is 0 Å². The van der Waals surface area contributed by atoms with Gasteiger partial charge in [-0.05, 0) is 69.3 Å². The SMILES string of the molecule is O=C(NC1CC(N2CCCC2)C1)C1(c2cccc(F)c2)CCOCC1. The fraction of sp³-hybridized carbons (Fsp3) is 0.650. The van der Waals surface area contributed by atoms with Crippen molar-refractivity contribution in [1.29, 1.82) is 0 Å². The second kappa shape index (κ2) is 7.04. The smallest absolute Gasteiger partial charge is 0.231 e. The Balaban J connectivity index is 1.44. The Morgan fingerprint density at radius 3 is 2.60 bits per heavy atom. The summed E-state index contributed by atoms with van der Waals surface area (Å²) < 4.78 is 19.2. The molecule has 3 fully saturated rings. The van der Waals surface area contributed by atoms with Gasteiger partial charge in [-0.15, -0.1) is 0 Å². The molecule has 1 aliphatic carbocycles. The third-order valence-corrected chi connectivity index (χ3v) is 6.26. The number of nitrogens with zero attached hydrogens (tertiary/aromatic N) is 1. The summed E-state index contributed by atoms with van der Waals surface area (Å²) in [4.78, 5) is 15.7. The molecule has 1 saturated carbocycles. The van der Waals surface area contributed by atoms with Crippen molar-refractivity contribution in [1.82, 2.24) is 10.2 Å². The van der Waals surface area contributed by atoms with Gasteiger partial charge in [-0.2, -0.15) is 0 Å². The standard InChI is InChI=1S/C20H27FN2O2/c21-16-5-3-4-15(12-16)20(6-10-25-11-7-20)19(24)22-17-13-18(14-17)23-8-1-2-9-23/h3-5,12,17-18H,1-2,6-11,13-14H2,(H,22,24). The third-order valence-electron chi connectivity index (χ3n) is 6.26. The number of carbonyl (C=O) groups excluding carboxylic acids is 1. The molecule has 0 unspecified atom stereocenters. The summed E-state index contributed by atoms with van der Waals surface area (Å²) in [7, 11) is 0. The van der Waals surface area contributed by atoms with Crippen molar-refractivity contribution >= 4 is 5.91 Å². The van der Waals surface area contributed by atoms with E-state index in [1.54, 1.807) is 6.07 Å². The number of halogens is 1. The zero-order valence-electron chi connectivity index (χ0n) is 14.7. The molecule has 3 aliphatic rings. The number of nitrogens with one attached hydrogen (secondary N) is 1. The summed E-state index contributed by atoms with van der Waals surface area (Å²) in [5.41, 5.74) is 0.128. The highest BCUT2D eigenvalue weighted by Gasteiger charge is 2.44. The van der Waals surface area contributed by atoms with Gasteiger partial charge in [0.2, 0.25) is 5.91 Å². The van der Waals surface area contributed by atoms with E-state index in [2.05, 4.69) is 10.2 Å². The Kier molecular flexibility index (Phi) is 4.78. The molecule has 1 amide bonds. The highest BCUT2D eigenvalue weighted by Crippen LogP contribution is 2.37. The van der Waals surface area contributed by atoms with Crippen LogP contribution in [0.3, 0.4) is 0 Å². The van der Waals surface area contributed by atoms with Crippen molar-refractivity contribution in [3.05, 3.63) is 35.6 Å². The molecule has 2 heterocycles. The predicted molar refractivity (Wildman–Crippen MR) is 93.9 cm³/mol. The van der Waals surface area contributed by atoms with Gasteiger partial charge in [0.05, 0.1) is 5.41 Å². The van der Waals surface area contributed by atoms with E-state index in [0.29, 0.717) is 32.1 Å². The van der Waals surface area contributed by atoms with Crippen molar-refractivity contribution < 1.29 is 13.9 Å². The number of benzene rings is 1. The third kappa shape index (κ3) is 3.32. The topological polar surface area (TPSA) is 41.6 Å². The van der Waals surface area contributed by atoms with E-state index in [0.717, 1.165) is 18.4 Å². The number of hydrogen-bond acceptors (Lipinski definition) is 3. The maximum Gasteiger partial charge on any atom is 0.231 e. The number of rotatable bonds is 4. The first-order chi connectivity index (χ1) is 12.2. The van der Waals surface area contributed by atoms with Crippen LogP contribution in [0.15, 0.2) is 24.3 Å². The van der Waals surface area contributed by atoms with Gasteiger partial charge in [0, 0.05) is 25.3 Å². The number of hydrogen-bond donors (Lipinski definition) is 1. The largest absolute Gasteiger partial charge is 0.381 e. The molecular formula is C20H27FN2O2. The Bertz CT molecular complexity index is 618. The Labute approximate surface area is 148 Å². The highest BCUT2D eigenvalue weighted by molar-refractivity contribution is 5.88. The van der Waals surface area contributed by atoms with E-state index in [1.807, 2.05) is 6.07 Å². The lowest BCUT2D eigenvalue weighted by atomic mass is 9.72. The minimum absolute atomic E-state index is 0.0475. The summed E-state index contributed by atoms with van der Waals surface area (Å²) in [6.45, 7) is 3.50. The molecule has 2 aliphatic heterocycles. The van der Waals surface area contributed by atoms with Crippen LogP contribution in [-0.4, -0.2) is 49.2 Å². The molecule has 4 nitrogen and oxygen atoms in total. The zero-order valence-corrected chi connectivity index (χ0v) is 14.7. The monoisotopic (exact) mass is 346 g/mol. The molecule has 0 spiro atoms. The maximum atomic E-state index is 13.8. The van der Waals surface area contributed by atoms with Crippen LogP contribution in [0.1, 0.15) is 44.1 Å². The summed E-state index contributed by atoms with van der Waals surface area (Å²) >= 11 is 0. The molecule has 0 atom stereocenters. The normalized spacial score (nSPS) is 29.2. The Hall–Kier alpha value is -1.46. The zero-order chi connectivity index (χ0) is 17.3. The average molecular weight is 346 g/mol. The number of ether oxygens (including phenoxy) is 1. The highest BCUT2D eigenvalue weighted by atomic mass is 19.1. The lowest BCUT2D eigenvalue weighted by Crippen LogP contribution is -2.57. The molecule has 1 aromatic rings. The van der Waals surface area contributed by atoms with Crippen molar-refractivity contribution in [2.45, 2.75) is 56.0 Å². The first kappa shape index (κ1) is 17.0. The van der Waals surface area contributed by atoms with Crippen molar-refractivity contribution in [2.75, 3.05) is 26.3 Å². The van der Waals surface area contributed by atoms with Crippen LogP contribution >= 0.6 is 0 Å². The van der Waals surface area contributed by atoms with Crippen LogP contribution in [0, 0.1) is 5.82 Å². The van der Waals surface area contributed by atoms with Gasteiger partial charge in [0.1, 0.15) is 5.82 Å². The second-order valence-electron chi connectivity index (χ2n) is 7.74. The van der Waals surface area contributed by atoms with E-state index < -0.39 is 5.41 Å². The average Bonchev–Trinajstić information content (AvgIpc) is 3.12. The van der Waals surface area contributed by atoms with Gasteiger partial charge in [0.25, 0.3) is 0 Å². The lowest BCUT2D eigenvalue weighted by Gasteiger charge is -2.44. The summed E-state index contributed by atoms with van der Waals surface area (Å²) in [5, 5.41) is 3.25. The molecule has 25 heavy (non-hydrogen) atoms. The molecular weight excluding hydrogens is 319 g/mol. The maximum absolute atomic E-state index is 13.8. The number of amides is 1. The summed E-state index contributed by atoms with van der Waals surface area (Å²) in [5.74, 6) is -0.236. The first-order valence-corrected chi connectivity index (χ1v) is 9.56. The van der Waals surface area contributed by atoms with Crippen LogP contribution in [0.4, 0.5) is 4.39 Å². The molecule has 1 N–H and O–H groups in total. The van der Waals surface area contributed by atoms with E-state index in [-0.39, 0.29) is 17.8 Å².